The highest BCUT2D eigenvalue weighted by atomic mass is 16.5. The van der Waals surface area contributed by atoms with E-state index in [1.165, 1.54) is 25.7 Å². The first-order chi connectivity index (χ1) is 9.70. The van der Waals surface area contributed by atoms with E-state index < -0.39 is 0 Å². The van der Waals surface area contributed by atoms with Crippen LogP contribution in [-0.4, -0.2) is 42.3 Å². The van der Waals surface area contributed by atoms with Gasteiger partial charge in [-0.05, 0) is 26.7 Å². The molecule has 1 aromatic heterocycles. The molecule has 110 valence electrons. The highest BCUT2D eigenvalue weighted by molar-refractivity contribution is 5.59. The minimum absolute atomic E-state index is 0.380. The van der Waals surface area contributed by atoms with Gasteiger partial charge in [-0.15, -0.1) is 0 Å². The molecule has 0 amide bonds. The van der Waals surface area contributed by atoms with Crippen LogP contribution in [0.25, 0.3) is 0 Å². The molecule has 1 saturated carbocycles. The second-order valence-electron chi connectivity index (χ2n) is 5.77. The van der Waals surface area contributed by atoms with Gasteiger partial charge in [0.05, 0.1) is 18.8 Å². The second-order valence-corrected chi connectivity index (χ2v) is 5.77. The van der Waals surface area contributed by atoms with Gasteiger partial charge >= 0.3 is 0 Å². The summed E-state index contributed by atoms with van der Waals surface area (Å²) in [4.78, 5) is 11.6. The second kappa shape index (κ2) is 5.56. The normalized spacial score (nSPS) is 26.2. The lowest BCUT2D eigenvalue weighted by molar-refractivity contribution is -0.00904. The molecule has 2 unspecified atom stereocenters. The average Bonchev–Trinajstić information content (AvgIpc) is 2.48. The molecule has 1 aliphatic heterocycles. The maximum absolute atomic E-state index is 5.96. The Balaban J connectivity index is 1.96. The maximum Gasteiger partial charge on any atom is 0.137 e. The first-order valence-corrected chi connectivity index (χ1v) is 7.62. The highest BCUT2D eigenvalue weighted by Gasteiger charge is 2.35. The highest BCUT2D eigenvalue weighted by Crippen LogP contribution is 2.33. The van der Waals surface area contributed by atoms with E-state index >= 15 is 0 Å². The third-order valence-corrected chi connectivity index (χ3v) is 4.47. The number of hydrogen-bond acceptors (Lipinski definition) is 5. The summed E-state index contributed by atoms with van der Waals surface area (Å²) in [5.74, 6) is 2.85. The van der Waals surface area contributed by atoms with Gasteiger partial charge in [-0.3, -0.25) is 0 Å². The number of hydrogen-bond donors (Lipinski definition) is 1. The predicted molar refractivity (Wildman–Crippen MR) is 80.4 cm³/mol. The van der Waals surface area contributed by atoms with Crippen LogP contribution in [0.15, 0.2) is 0 Å². The molecule has 20 heavy (non-hydrogen) atoms. The molecule has 5 nitrogen and oxygen atoms in total. The standard InChI is InChI=1S/C15H24N4O/c1-10-14(16-3)17-11(2)18-15(10)19-8-9-20-13-7-5-4-6-12(13)19/h12-13H,4-9H2,1-3H3,(H,16,17,18). The lowest BCUT2D eigenvalue weighted by Crippen LogP contribution is -2.53. The number of nitrogens with one attached hydrogen (secondary N) is 1. The number of morpholine rings is 1. The van der Waals surface area contributed by atoms with E-state index in [2.05, 4.69) is 22.1 Å². The molecule has 5 heteroatoms. The van der Waals surface area contributed by atoms with Gasteiger partial charge in [-0.25, -0.2) is 9.97 Å². The van der Waals surface area contributed by atoms with E-state index in [1.807, 2.05) is 14.0 Å². The van der Waals surface area contributed by atoms with Gasteiger partial charge in [0.1, 0.15) is 17.5 Å². The van der Waals surface area contributed by atoms with E-state index in [0.29, 0.717) is 12.1 Å². The van der Waals surface area contributed by atoms with Gasteiger partial charge in [-0.2, -0.15) is 0 Å². The number of rotatable bonds is 2. The molecule has 3 rings (SSSR count). The molecule has 0 bridgehead atoms. The SMILES string of the molecule is CNc1nc(C)nc(N2CCOC3CCCCC32)c1C. The van der Waals surface area contributed by atoms with E-state index in [-0.39, 0.29) is 0 Å². The van der Waals surface area contributed by atoms with Crippen molar-refractivity contribution in [1.82, 2.24) is 9.97 Å². The van der Waals surface area contributed by atoms with Gasteiger partial charge in [-0.1, -0.05) is 12.8 Å². The number of anilines is 2. The third kappa shape index (κ3) is 2.35. The predicted octanol–water partition coefficient (Wildman–Crippen LogP) is 2.28. The topological polar surface area (TPSA) is 50.3 Å². The van der Waals surface area contributed by atoms with E-state index in [9.17, 15) is 0 Å². The lowest BCUT2D eigenvalue weighted by Gasteiger charge is -2.45. The number of ether oxygens (including phenoxy) is 1. The van der Waals surface area contributed by atoms with Crippen molar-refractivity contribution < 1.29 is 4.74 Å². The summed E-state index contributed by atoms with van der Waals surface area (Å²) in [5, 5.41) is 3.18. The Morgan fingerprint density at radius 3 is 2.80 bits per heavy atom. The van der Waals surface area contributed by atoms with Crippen LogP contribution < -0.4 is 10.2 Å². The maximum atomic E-state index is 5.96. The molecule has 0 radical (unpaired) electrons. The zero-order valence-electron chi connectivity index (χ0n) is 12.6. The van der Waals surface area contributed by atoms with Crippen molar-refractivity contribution in [2.45, 2.75) is 51.7 Å². The summed E-state index contributed by atoms with van der Waals surface area (Å²) >= 11 is 0. The summed E-state index contributed by atoms with van der Waals surface area (Å²) in [7, 11) is 1.92. The van der Waals surface area contributed by atoms with Crippen LogP contribution >= 0.6 is 0 Å². The van der Waals surface area contributed by atoms with Crippen molar-refractivity contribution in [2.24, 2.45) is 0 Å². The third-order valence-electron chi connectivity index (χ3n) is 4.47. The number of nitrogens with zero attached hydrogens (tertiary/aromatic N) is 3. The minimum Gasteiger partial charge on any atom is -0.374 e. The number of fused-ring (bicyclic) bond motifs is 1. The molecule has 1 N–H and O–H groups in total. The largest absolute Gasteiger partial charge is 0.374 e. The smallest absolute Gasteiger partial charge is 0.137 e. The summed E-state index contributed by atoms with van der Waals surface area (Å²) in [5.41, 5.74) is 1.14. The van der Waals surface area contributed by atoms with Crippen molar-refractivity contribution in [1.29, 1.82) is 0 Å². The molecular weight excluding hydrogens is 252 g/mol. The molecule has 1 aliphatic carbocycles. The molecule has 2 fully saturated rings. The molecule has 1 saturated heterocycles. The molecular formula is C15H24N4O. The average molecular weight is 276 g/mol. The molecule has 1 aromatic rings. The Bertz CT molecular complexity index is 489. The van der Waals surface area contributed by atoms with Gasteiger partial charge in [0, 0.05) is 19.2 Å². The Hall–Kier alpha value is -1.36. The lowest BCUT2D eigenvalue weighted by atomic mass is 9.90. The number of aryl methyl sites for hydroxylation is 1. The molecule has 0 spiro atoms. The summed E-state index contributed by atoms with van der Waals surface area (Å²) in [6.45, 7) is 5.80. The van der Waals surface area contributed by atoms with E-state index in [1.54, 1.807) is 0 Å². The van der Waals surface area contributed by atoms with Crippen molar-refractivity contribution in [2.75, 3.05) is 30.4 Å². The van der Waals surface area contributed by atoms with Crippen LogP contribution in [0.5, 0.6) is 0 Å². The van der Waals surface area contributed by atoms with Gasteiger partial charge in [0.25, 0.3) is 0 Å². The summed E-state index contributed by atoms with van der Waals surface area (Å²) < 4.78 is 5.96. The van der Waals surface area contributed by atoms with Crippen LogP contribution in [0.3, 0.4) is 0 Å². The van der Waals surface area contributed by atoms with E-state index in [0.717, 1.165) is 36.2 Å². The van der Waals surface area contributed by atoms with Gasteiger partial charge in [0.2, 0.25) is 0 Å². The van der Waals surface area contributed by atoms with Crippen LogP contribution in [0.1, 0.15) is 37.1 Å². The quantitative estimate of drug-likeness (QED) is 0.898. The van der Waals surface area contributed by atoms with Gasteiger partial charge < -0.3 is 15.0 Å². The Morgan fingerprint density at radius 1 is 1.20 bits per heavy atom. The molecule has 2 heterocycles. The van der Waals surface area contributed by atoms with Crippen LogP contribution in [0.4, 0.5) is 11.6 Å². The van der Waals surface area contributed by atoms with Gasteiger partial charge in [0.15, 0.2) is 0 Å². The number of aromatic nitrogens is 2. The first-order valence-electron chi connectivity index (χ1n) is 7.62. The minimum atomic E-state index is 0.380. The van der Waals surface area contributed by atoms with Crippen LogP contribution in [-0.2, 0) is 4.74 Å². The Morgan fingerprint density at radius 2 is 2.00 bits per heavy atom. The first kappa shape index (κ1) is 13.6. The van der Waals surface area contributed by atoms with Crippen LogP contribution in [0.2, 0.25) is 0 Å². The monoisotopic (exact) mass is 276 g/mol. The summed E-state index contributed by atoms with van der Waals surface area (Å²) in [6, 6.07) is 0.482. The summed E-state index contributed by atoms with van der Waals surface area (Å²) in [6.07, 6.45) is 5.36. The Kier molecular flexibility index (Phi) is 3.78. The zero-order valence-corrected chi connectivity index (χ0v) is 12.6. The molecule has 0 aromatic carbocycles. The van der Waals surface area contributed by atoms with E-state index in [4.69, 9.17) is 9.72 Å². The molecule has 2 atom stereocenters. The van der Waals surface area contributed by atoms with Crippen molar-refractivity contribution >= 4 is 11.6 Å². The van der Waals surface area contributed by atoms with Crippen molar-refractivity contribution in [3.8, 4) is 0 Å². The van der Waals surface area contributed by atoms with Crippen molar-refractivity contribution in [3.05, 3.63) is 11.4 Å². The molecule has 2 aliphatic rings. The fourth-order valence-electron chi connectivity index (χ4n) is 3.50. The Labute approximate surface area is 120 Å². The fraction of sp³-hybridized carbons (Fsp3) is 0.733. The van der Waals surface area contributed by atoms with Crippen molar-refractivity contribution in [3.63, 3.8) is 0 Å². The zero-order chi connectivity index (χ0) is 14.1. The van der Waals surface area contributed by atoms with Crippen LogP contribution in [0, 0.1) is 13.8 Å². The fourth-order valence-corrected chi connectivity index (χ4v) is 3.50.